The maximum Gasteiger partial charge on any atom is 0.145 e. The van der Waals surface area contributed by atoms with E-state index in [-0.39, 0.29) is 0 Å². The van der Waals surface area contributed by atoms with Gasteiger partial charge in [-0.2, -0.15) is 0 Å². The Morgan fingerprint density at radius 1 is 1.12 bits per heavy atom. The zero-order valence-electron chi connectivity index (χ0n) is 11.3. The lowest BCUT2D eigenvalue weighted by atomic mass is 10.0. The van der Waals surface area contributed by atoms with E-state index in [0.29, 0.717) is 0 Å². The lowest BCUT2D eigenvalue weighted by molar-refractivity contribution is 0.308. The third-order valence-electron chi connectivity index (χ3n) is 3.01. The first-order valence-corrected chi connectivity index (χ1v) is 6.06. The first kappa shape index (κ1) is 12.9. The molecule has 1 aliphatic heterocycles. The zero-order chi connectivity index (χ0) is 12.3. The lowest BCUT2D eigenvalue weighted by Gasteiger charge is -2.31. The number of rotatable bonds is 0. The molecule has 2 heteroatoms. The van der Waals surface area contributed by atoms with Crippen molar-refractivity contribution in [3.8, 4) is 5.75 Å². The van der Waals surface area contributed by atoms with Crippen molar-refractivity contribution in [3.63, 3.8) is 0 Å². The molecule has 0 N–H and O–H groups in total. The highest BCUT2D eigenvalue weighted by atomic mass is 16.5. The molecule has 0 aliphatic carbocycles. The number of likely N-dealkylation sites (N-methyl/N-ethyl adjacent to an activating group) is 1. The van der Waals surface area contributed by atoms with Crippen LogP contribution in [0, 0.1) is 20.8 Å². The van der Waals surface area contributed by atoms with Crippen molar-refractivity contribution < 1.29 is 4.74 Å². The van der Waals surface area contributed by atoms with Crippen LogP contribution in [0.25, 0.3) is 0 Å². The Morgan fingerprint density at radius 3 is 2.38 bits per heavy atom. The molecule has 0 amide bonds. The molecule has 0 fully saturated rings. The van der Waals surface area contributed by atoms with Crippen LogP contribution in [-0.4, -0.2) is 20.2 Å². The summed E-state index contributed by atoms with van der Waals surface area (Å²) in [5, 5.41) is 0. The predicted octanol–water partition coefficient (Wildman–Crippen LogP) is 3.47. The molecule has 0 unspecified atom stereocenters. The summed E-state index contributed by atoms with van der Waals surface area (Å²) in [5.74, 6) is 1.07. The van der Waals surface area contributed by atoms with Crippen LogP contribution in [0.2, 0.25) is 0 Å². The minimum Gasteiger partial charge on any atom is -0.489 e. The number of nitrogens with zero attached hydrogens (tertiary/aromatic N) is 1. The Bertz CT molecular complexity index is 371. The van der Waals surface area contributed by atoms with Gasteiger partial charge in [0.2, 0.25) is 0 Å². The normalized spacial score (nSPS) is 13.5. The average molecular weight is 221 g/mol. The van der Waals surface area contributed by atoms with Crippen LogP contribution in [0.4, 0.5) is 5.69 Å². The van der Waals surface area contributed by atoms with Crippen LogP contribution in [0.1, 0.15) is 30.5 Å². The molecule has 0 atom stereocenters. The van der Waals surface area contributed by atoms with Crippen molar-refractivity contribution in [1.29, 1.82) is 0 Å². The van der Waals surface area contributed by atoms with Gasteiger partial charge in [0.15, 0.2) is 0 Å². The van der Waals surface area contributed by atoms with Gasteiger partial charge in [0, 0.05) is 7.05 Å². The molecule has 2 rings (SSSR count). The topological polar surface area (TPSA) is 12.5 Å². The summed E-state index contributed by atoms with van der Waals surface area (Å²) in [6.07, 6.45) is 0. The molecule has 1 aromatic rings. The maximum atomic E-state index is 5.72. The van der Waals surface area contributed by atoms with Gasteiger partial charge in [-0.25, -0.2) is 0 Å². The van der Waals surface area contributed by atoms with Crippen LogP contribution < -0.4 is 9.64 Å². The van der Waals surface area contributed by atoms with E-state index in [9.17, 15) is 0 Å². The summed E-state index contributed by atoms with van der Waals surface area (Å²) in [7, 11) is 2.13. The fourth-order valence-electron chi connectivity index (χ4n) is 2.08. The average Bonchev–Trinajstić information content (AvgIpc) is 2.29. The number of ether oxygens (including phenoxy) is 1. The summed E-state index contributed by atoms with van der Waals surface area (Å²) < 4.78 is 5.72. The van der Waals surface area contributed by atoms with Gasteiger partial charge >= 0.3 is 0 Å². The van der Waals surface area contributed by atoms with E-state index in [4.69, 9.17) is 4.74 Å². The van der Waals surface area contributed by atoms with Gasteiger partial charge in [-0.3, -0.25) is 0 Å². The van der Waals surface area contributed by atoms with Gasteiger partial charge in [-0.05, 0) is 37.5 Å². The second kappa shape index (κ2) is 5.24. The van der Waals surface area contributed by atoms with Gasteiger partial charge in [0.25, 0.3) is 0 Å². The largest absolute Gasteiger partial charge is 0.489 e. The van der Waals surface area contributed by atoms with Crippen LogP contribution in [0.15, 0.2) is 6.07 Å². The van der Waals surface area contributed by atoms with Gasteiger partial charge in [-0.15, -0.1) is 0 Å². The van der Waals surface area contributed by atoms with E-state index < -0.39 is 0 Å². The summed E-state index contributed by atoms with van der Waals surface area (Å²) in [6.45, 7) is 12.2. The first-order valence-electron chi connectivity index (χ1n) is 6.06. The molecular formula is C14H23NO. The fraction of sp³-hybridized carbons (Fsp3) is 0.571. The summed E-state index contributed by atoms with van der Waals surface area (Å²) >= 11 is 0. The number of benzene rings is 1. The third-order valence-corrected chi connectivity index (χ3v) is 3.01. The van der Waals surface area contributed by atoms with Crippen LogP contribution in [-0.2, 0) is 0 Å². The summed E-state index contributed by atoms with van der Waals surface area (Å²) in [5.41, 5.74) is 5.20. The van der Waals surface area contributed by atoms with Crippen molar-refractivity contribution in [2.45, 2.75) is 34.6 Å². The number of fused-ring (bicyclic) bond motifs is 1. The number of anilines is 1. The van der Waals surface area contributed by atoms with Crippen molar-refractivity contribution >= 4 is 5.69 Å². The molecule has 1 aromatic carbocycles. The van der Waals surface area contributed by atoms with E-state index in [1.165, 1.54) is 22.4 Å². The Hall–Kier alpha value is -1.18. The molecule has 1 aliphatic rings. The highest BCUT2D eigenvalue weighted by molar-refractivity contribution is 5.69. The summed E-state index contributed by atoms with van der Waals surface area (Å²) in [6, 6.07) is 2.20. The van der Waals surface area contributed by atoms with E-state index in [1.54, 1.807) is 0 Å². The smallest absolute Gasteiger partial charge is 0.145 e. The second-order valence-electron chi connectivity index (χ2n) is 4.08. The standard InChI is InChI=1S/C12H17NO.C2H6/c1-8-7-9(2)12-11(10(8)3)13(4)5-6-14-12;1-2/h7H,5-6H2,1-4H3;1-2H3. The van der Waals surface area contributed by atoms with E-state index in [0.717, 1.165) is 18.9 Å². The molecule has 2 nitrogen and oxygen atoms in total. The quantitative estimate of drug-likeness (QED) is 0.665. The SMILES string of the molecule is CC.Cc1cc(C)c2c(c1C)N(C)CCO2. The molecule has 0 spiro atoms. The molecule has 0 saturated heterocycles. The summed E-state index contributed by atoms with van der Waals surface area (Å²) in [4.78, 5) is 2.29. The molecule has 0 aromatic heterocycles. The van der Waals surface area contributed by atoms with Crippen LogP contribution in [0.5, 0.6) is 5.75 Å². The maximum absolute atomic E-state index is 5.72. The van der Waals surface area contributed by atoms with Gasteiger partial charge in [-0.1, -0.05) is 19.9 Å². The minimum absolute atomic E-state index is 0.798. The Balaban J connectivity index is 0.000000606. The third kappa shape index (κ3) is 2.16. The Labute approximate surface area is 99.2 Å². The van der Waals surface area contributed by atoms with Crippen LogP contribution in [0.3, 0.4) is 0 Å². The second-order valence-corrected chi connectivity index (χ2v) is 4.08. The molecular weight excluding hydrogens is 198 g/mol. The molecule has 90 valence electrons. The van der Waals surface area contributed by atoms with E-state index in [2.05, 4.69) is 38.8 Å². The Morgan fingerprint density at radius 2 is 1.75 bits per heavy atom. The van der Waals surface area contributed by atoms with E-state index >= 15 is 0 Å². The molecule has 0 radical (unpaired) electrons. The monoisotopic (exact) mass is 221 g/mol. The molecule has 0 saturated carbocycles. The lowest BCUT2D eigenvalue weighted by Crippen LogP contribution is -2.30. The first-order chi connectivity index (χ1) is 7.61. The van der Waals surface area contributed by atoms with Crippen molar-refractivity contribution in [3.05, 3.63) is 22.8 Å². The van der Waals surface area contributed by atoms with Gasteiger partial charge < -0.3 is 9.64 Å². The number of hydrogen-bond acceptors (Lipinski definition) is 2. The molecule has 1 heterocycles. The highest BCUT2D eigenvalue weighted by Crippen LogP contribution is 2.38. The molecule has 16 heavy (non-hydrogen) atoms. The predicted molar refractivity (Wildman–Crippen MR) is 70.8 cm³/mol. The van der Waals surface area contributed by atoms with Crippen molar-refractivity contribution in [1.82, 2.24) is 0 Å². The van der Waals surface area contributed by atoms with Gasteiger partial charge in [0.1, 0.15) is 12.4 Å². The zero-order valence-corrected chi connectivity index (χ0v) is 11.3. The van der Waals surface area contributed by atoms with Crippen LogP contribution >= 0.6 is 0 Å². The van der Waals surface area contributed by atoms with Gasteiger partial charge in [0.05, 0.1) is 12.2 Å². The fourth-order valence-corrected chi connectivity index (χ4v) is 2.08. The van der Waals surface area contributed by atoms with E-state index in [1.807, 2.05) is 13.8 Å². The highest BCUT2D eigenvalue weighted by Gasteiger charge is 2.20. The number of hydrogen-bond donors (Lipinski definition) is 0. The Kier molecular flexibility index (Phi) is 4.22. The minimum atomic E-state index is 0.798. The van der Waals surface area contributed by atoms with Crippen molar-refractivity contribution in [2.24, 2.45) is 0 Å². The molecule has 0 bridgehead atoms. The van der Waals surface area contributed by atoms with Crippen molar-refractivity contribution in [2.75, 3.05) is 25.1 Å². The number of aryl methyl sites for hydroxylation is 2.